The molecule has 3 atom stereocenters. The van der Waals surface area contributed by atoms with Gasteiger partial charge in [-0.3, -0.25) is 4.90 Å². The molecule has 0 amide bonds. The van der Waals surface area contributed by atoms with Gasteiger partial charge in [-0.1, -0.05) is 13.8 Å². The van der Waals surface area contributed by atoms with E-state index in [-0.39, 0.29) is 0 Å². The summed E-state index contributed by atoms with van der Waals surface area (Å²) in [4.78, 5) is 4.40. The lowest BCUT2D eigenvalue weighted by atomic mass is 9.87. The molecule has 0 spiro atoms. The van der Waals surface area contributed by atoms with Crippen molar-refractivity contribution in [2.24, 2.45) is 5.92 Å². The van der Waals surface area contributed by atoms with Crippen molar-refractivity contribution in [2.45, 2.75) is 51.6 Å². The Kier molecular flexibility index (Phi) is 4.25. The highest BCUT2D eigenvalue weighted by molar-refractivity contribution is 7.10. The largest absolute Gasteiger partial charge is 0.314 e. The van der Waals surface area contributed by atoms with Crippen LogP contribution in [0.5, 0.6) is 0 Å². The Morgan fingerprint density at radius 1 is 1.42 bits per heavy atom. The zero-order valence-electron chi connectivity index (χ0n) is 12.2. The maximum Gasteiger partial charge on any atom is 0.0359 e. The Hall–Kier alpha value is -0.380. The van der Waals surface area contributed by atoms with Crippen LogP contribution in [0.15, 0.2) is 11.4 Å². The van der Waals surface area contributed by atoms with Gasteiger partial charge in [-0.15, -0.1) is 11.3 Å². The van der Waals surface area contributed by atoms with Crippen LogP contribution in [0.1, 0.15) is 49.6 Å². The molecule has 0 bridgehead atoms. The molecule has 106 valence electrons. The SMILES string of the molecule is CCNC1CCN(C2CCCc3sccc32)CC1C. The third kappa shape index (κ3) is 2.74. The second kappa shape index (κ2) is 5.94. The van der Waals surface area contributed by atoms with Crippen LogP contribution in [0, 0.1) is 5.92 Å². The molecular weight excluding hydrogens is 252 g/mol. The van der Waals surface area contributed by atoms with Crippen molar-refractivity contribution in [3.8, 4) is 0 Å². The Labute approximate surface area is 121 Å². The maximum absolute atomic E-state index is 3.65. The summed E-state index contributed by atoms with van der Waals surface area (Å²) in [5.41, 5.74) is 1.64. The number of nitrogens with zero attached hydrogens (tertiary/aromatic N) is 1. The number of likely N-dealkylation sites (tertiary alicyclic amines) is 1. The molecule has 19 heavy (non-hydrogen) atoms. The monoisotopic (exact) mass is 278 g/mol. The smallest absolute Gasteiger partial charge is 0.0359 e. The van der Waals surface area contributed by atoms with Gasteiger partial charge in [0, 0.05) is 30.1 Å². The molecule has 0 radical (unpaired) electrons. The standard InChI is InChI=1S/C16H26N2S/c1-3-17-14-7-9-18(11-12(14)2)15-5-4-6-16-13(15)8-10-19-16/h8,10,12,14-15,17H,3-7,9,11H2,1-2H3. The van der Waals surface area contributed by atoms with Gasteiger partial charge in [0.15, 0.2) is 0 Å². The molecule has 1 aromatic rings. The summed E-state index contributed by atoms with van der Waals surface area (Å²) in [5.74, 6) is 0.776. The van der Waals surface area contributed by atoms with Crippen LogP contribution in [-0.4, -0.2) is 30.6 Å². The molecule has 2 aliphatic rings. The van der Waals surface area contributed by atoms with E-state index in [0.29, 0.717) is 6.04 Å². The summed E-state index contributed by atoms with van der Waals surface area (Å²) in [6.07, 6.45) is 5.36. The van der Waals surface area contributed by atoms with E-state index in [1.165, 1.54) is 38.8 Å². The lowest BCUT2D eigenvalue weighted by Gasteiger charge is -2.42. The minimum absolute atomic E-state index is 0.708. The Morgan fingerprint density at radius 2 is 2.32 bits per heavy atom. The van der Waals surface area contributed by atoms with E-state index in [4.69, 9.17) is 0 Å². The zero-order chi connectivity index (χ0) is 13.2. The van der Waals surface area contributed by atoms with Crippen molar-refractivity contribution in [1.29, 1.82) is 0 Å². The summed E-state index contributed by atoms with van der Waals surface area (Å²) in [6.45, 7) is 8.27. The predicted molar refractivity (Wildman–Crippen MR) is 82.8 cm³/mol. The summed E-state index contributed by atoms with van der Waals surface area (Å²) >= 11 is 1.96. The quantitative estimate of drug-likeness (QED) is 0.911. The van der Waals surface area contributed by atoms with Crippen molar-refractivity contribution in [1.82, 2.24) is 10.2 Å². The molecule has 1 aromatic heterocycles. The molecule has 0 aromatic carbocycles. The maximum atomic E-state index is 3.65. The number of piperidine rings is 1. The Morgan fingerprint density at radius 3 is 3.11 bits per heavy atom. The molecule has 1 aliphatic carbocycles. The summed E-state index contributed by atoms with van der Waals surface area (Å²) in [6, 6.07) is 3.82. The lowest BCUT2D eigenvalue weighted by Crippen LogP contribution is -2.49. The van der Waals surface area contributed by atoms with Crippen molar-refractivity contribution < 1.29 is 0 Å². The number of hydrogen-bond acceptors (Lipinski definition) is 3. The first-order valence-electron chi connectivity index (χ1n) is 7.83. The molecule has 2 nitrogen and oxygen atoms in total. The molecule has 3 rings (SSSR count). The van der Waals surface area contributed by atoms with Gasteiger partial charge in [0.25, 0.3) is 0 Å². The number of aryl methyl sites for hydroxylation is 1. The van der Waals surface area contributed by atoms with Crippen LogP contribution >= 0.6 is 11.3 Å². The van der Waals surface area contributed by atoms with E-state index in [2.05, 4.69) is 35.5 Å². The zero-order valence-corrected chi connectivity index (χ0v) is 13.0. The van der Waals surface area contributed by atoms with Crippen LogP contribution in [0.3, 0.4) is 0 Å². The second-order valence-corrected chi connectivity index (χ2v) is 7.13. The number of thiophene rings is 1. The molecule has 1 saturated heterocycles. The number of fused-ring (bicyclic) bond motifs is 1. The van der Waals surface area contributed by atoms with E-state index in [1.807, 2.05) is 11.3 Å². The van der Waals surface area contributed by atoms with Crippen LogP contribution in [0.4, 0.5) is 0 Å². The van der Waals surface area contributed by atoms with Crippen molar-refractivity contribution >= 4 is 11.3 Å². The van der Waals surface area contributed by atoms with Gasteiger partial charge in [0.05, 0.1) is 0 Å². The third-order valence-corrected chi connectivity index (χ3v) is 5.86. The van der Waals surface area contributed by atoms with Gasteiger partial charge in [0.1, 0.15) is 0 Å². The normalized spacial score (nSPS) is 32.2. The van der Waals surface area contributed by atoms with E-state index in [9.17, 15) is 0 Å². The van der Waals surface area contributed by atoms with Crippen molar-refractivity contribution in [3.05, 3.63) is 21.9 Å². The topological polar surface area (TPSA) is 15.3 Å². The van der Waals surface area contributed by atoms with Crippen LogP contribution in [-0.2, 0) is 6.42 Å². The van der Waals surface area contributed by atoms with Gasteiger partial charge in [0.2, 0.25) is 0 Å². The molecule has 1 N–H and O–H groups in total. The van der Waals surface area contributed by atoms with E-state index >= 15 is 0 Å². The molecule has 3 unspecified atom stereocenters. The molecule has 1 fully saturated rings. The fraction of sp³-hybridized carbons (Fsp3) is 0.750. The van der Waals surface area contributed by atoms with Gasteiger partial charge in [-0.2, -0.15) is 0 Å². The first-order chi connectivity index (χ1) is 9.29. The highest BCUT2D eigenvalue weighted by Gasteiger charge is 2.32. The minimum atomic E-state index is 0.708. The third-order valence-electron chi connectivity index (χ3n) is 4.86. The first kappa shape index (κ1) is 13.6. The Balaban J connectivity index is 1.69. The van der Waals surface area contributed by atoms with Crippen LogP contribution in [0.25, 0.3) is 0 Å². The number of rotatable bonds is 3. The molecule has 0 saturated carbocycles. The van der Waals surface area contributed by atoms with Gasteiger partial charge < -0.3 is 5.32 Å². The lowest BCUT2D eigenvalue weighted by molar-refractivity contribution is 0.0953. The summed E-state index contributed by atoms with van der Waals surface area (Å²) in [5, 5.41) is 5.94. The first-order valence-corrected chi connectivity index (χ1v) is 8.71. The van der Waals surface area contributed by atoms with Crippen LogP contribution < -0.4 is 5.32 Å². The Bertz CT molecular complexity index is 415. The van der Waals surface area contributed by atoms with E-state index in [1.54, 1.807) is 10.4 Å². The minimum Gasteiger partial charge on any atom is -0.314 e. The fourth-order valence-corrected chi connectivity index (χ4v) is 4.85. The van der Waals surface area contributed by atoms with Gasteiger partial charge >= 0.3 is 0 Å². The summed E-state index contributed by atoms with van der Waals surface area (Å²) < 4.78 is 0. The molecule has 3 heteroatoms. The molecule has 1 aliphatic heterocycles. The molecule has 2 heterocycles. The average molecular weight is 278 g/mol. The average Bonchev–Trinajstić information content (AvgIpc) is 2.89. The molecular formula is C16H26N2S. The van der Waals surface area contributed by atoms with Crippen molar-refractivity contribution in [3.63, 3.8) is 0 Å². The van der Waals surface area contributed by atoms with Crippen LogP contribution in [0.2, 0.25) is 0 Å². The van der Waals surface area contributed by atoms with E-state index in [0.717, 1.165) is 18.5 Å². The van der Waals surface area contributed by atoms with E-state index < -0.39 is 0 Å². The fourth-order valence-electron chi connectivity index (χ4n) is 3.87. The van der Waals surface area contributed by atoms with Gasteiger partial charge in [-0.05, 0) is 55.2 Å². The number of hydrogen-bond donors (Lipinski definition) is 1. The summed E-state index contributed by atoms with van der Waals surface area (Å²) in [7, 11) is 0. The predicted octanol–water partition coefficient (Wildman–Crippen LogP) is 3.45. The van der Waals surface area contributed by atoms with Crippen molar-refractivity contribution in [2.75, 3.05) is 19.6 Å². The second-order valence-electron chi connectivity index (χ2n) is 6.13. The van der Waals surface area contributed by atoms with Gasteiger partial charge in [-0.25, -0.2) is 0 Å². The highest BCUT2D eigenvalue weighted by Crippen LogP contribution is 2.38. The number of nitrogens with one attached hydrogen (secondary N) is 1. The highest BCUT2D eigenvalue weighted by atomic mass is 32.1.